The van der Waals surface area contributed by atoms with E-state index in [0.717, 1.165) is 17.1 Å². The number of benzene rings is 2. The zero-order valence-corrected chi connectivity index (χ0v) is 19.7. The van der Waals surface area contributed by atoms with Crippen LogP contribution >= 0.6 is 11.6 Å². The molecular formula is C23H28ClFN2O4S. The number of sulfonamides is 1. The maximum Gasteiger partial charge on any atom is 0.264 e. The lowest BCUT2D eigenvalue weighted by Gasteiger charge is -2.37. The number of nitrogens with zero attached hydrogens (tertiary/aromatic N) is 1. The highest BCUT2D eigenvalue weighted by molar-refractivity contribution is 7.92. The highest BCUT2D eigenvalue weighted by atomic mass is 35.5. The Morgan fingerprint density at radius 2 is 1.78 bits per heavy atom. The summed E-state index contributed by atoms with van der Waals surface area (Å²) >= 11 is 5.92. The Balaban J connectivity index is 1.95. The number of amides is 1. The van der Waals surface area contributed by atoms with Crippen molar-refractivity contribution in [3.63, 3.8) is 0 Å². The molecule has 6 nitrogen and oxygen atoms in total. The fourth-order valence-electron chi connectivity index (χ4n) is 3.92. The summed E-state index contributed by atoms with van der Waals surface area (Å²) in [6, 6.07) is 11.0. The van der Waals surface area contributed by atoms with Crippen molar-refractivity contribution < 1.29 is 22.3 Å². The largest absolute Gasteiger partial charge is 0.383 e. The molecule has 0 aliphatic heterocycles. The minimum absolute atomic E-state index is 0.0369. The van der Waals surface area contributed by atoms with Gasteiger partial charge in [0.15, 0.2) is 0 Å². The van der Waals surface area contributed by atoms with E-state index >= 15 is 0 Å². The van der Waals surface area contributed by atoms with Gasteiger partial charge in [-0.25, -0.2) is 12.8 Å². The smallest absolute Gasteiger partial charge is 0.264 e. The second-order valence-electron chi connectivity index (χ2n) is 8.00. The number of hydrogen-bond donors (Lipinski definition) is 1. The Bertz CT molecular complexity index is 1020. The van der Waals surface area contributed by atoms with E-state index in [2.05, 4.69) is 5.32 Å². The second-order valence-corrected chi connectivity index (χ2v) is 10.3. The highest BCUT2D eigenvalue weighted by Gasteiger charge is 2.38. The van der Waals surface area contributed by atoms with Crippen LogP contribution < -0.4 is 9.62 Å². The number of carbonyl (C=O) groups is 1. The average Bonchev–Trinajstić information content (AvgIpc) is 2.76. The highest BCUT2D eigenvalue weighted by Crippen LogP contribution is 2.34. The van der Waals surface area contributed by atoms with Gasteiger partial charge >= 0.3 is 0 Å². The molecule has 2 aromatic carbocycles. The van der Waals surface area contributed by atoms with Crippen molar-refractivity contribution in [2.45, 2.75) is 55.8 Å². The van der Waals surface area contributed by atoms with E-state index in [-0.39, 0.29) is 16.8 Å². The molecule has 1 N–H and O–H groups in total. The van der Waals surface area contributed by atoms with E-state index in [4.69, 9.17) is 16.3 Å². The molecule has 3 atom stereocenters. The molecule has 0 aromatic heterocycles. The molecule has 1 fully saturated rings. The van der Waals surface area contributed by atoms with Crippen LogP contribution in [0.3, 0.4) is 0 Å². The van der Waals surface area contributed by atoms with Crippen molar-refractivity contribution in [2.24, 2.45) is 0 Å². The number of nitrogens with one attached hydrogen (secondary N) is 1. The predicted octanol–water partition coefficient (Wildman–Crippen LogP) is 4.58. The van der Waals surface area contributed by atoms with Crippen molar-refractivity contribution in [3.8, 4) is 0 Å². The van der Waals surface area contributed by atoms with Crippen molar-refractivity contribution >= 4 is 33.2 Å². The molecule has 2 aromatic rings. The van der Waals surface area contributed by atoms with Gasteiger partial charge in [-0.3, -0.25) is 9.10 Å². The molecule has 0 heterocycles. The summed E-state index contributed by atoms with van der Waals surface area (Å²) in [6.07, 6.45) is 0.935. The van der Waals surface area contributed by atoms with Gasteiger partial charge in [0.05, 0.1) is 23.2 Å². The number of carbonyl (C=O) groups excluding carboxylic acids is 1. The molecule has 2 unspecified atom stereocenters. The number of rotatable bonds is 8. The van der Waals surface area contributed by atoms with Gasteiger partial charge in [-0.1, -0.05) is 24.4 Å². The zero-order chi connectivity index (χ0) is 23.3. The van der Waals surface area contributed by atoms with E-state index in [1.807, 2.05) is 6.92 Å². The number of alkyl halides is 1. The van der Waals surface area contributed by atoms with Crippen molar-refractivity contribution in [3.05, 3.63) is 59.1 Å². The van der Waals surface area contributed by atoms with Crippen LogP contribution in [0.1, 0.15) is 43.0 Å². The fraction of sp³-hybridized carbons (Fsp3) is 0.435. The minimum atomic E-state index is -4.05. The van der Waals surface area contributed by atoms with Gasteiger partial charge in [0.25, 0.3) is 15.9 Å². The molecule has 3 rings (SSSR count). The van der Waals surface area contributed by atoms with Gasteiger partial charge in [-0.05, 0) is 68.3 Å². The van der Waals surface area contributed by atoms with Crippen LogP contribution in [0.25, 0.3) is 0 Å². The molecule has 1 saturated carbocycles. The first-order valence-electron chi connectivity index (χ1n) is 10.6. The third-order valence-corrected chi connectivity index (χ3v) is 7.62. The molecule has 9 heteroatoms. The summed E-state index contributed by atoms with van der Waals surface area (Å²) in [5.41, 5.74) is 0.692. The Kier molecular flexibility index (Phi) is 8.14. The third-order valence-electron chi connectivity index (χ3n) is 5.50. The lowest BCUT2D eigenvalue weighted by atomic mass is 9.93. The predicted molar refractivity (Wildman–Crippen MR) is 124 cm³/mol. The molecule has 1 aliphatic carbocycles. The van der Waals surface area contributed by atoms with Crippen LogP contribution in [-0.4, -0.2) is 46.3 Å². The number of ether oxygens (including phenoxy) is 1. The van der Waals surface area contributed by atoms with Crippen LogP contribution in [0.5, 0.6) is 0 Å². The number of halogens is 2. The first kappa shape index (κ1) is 24.5. The number of hydrogen-bond acceptors (Lipinski definition) is 4. The Morgan fingerprint density at radius 1 is 1.16 bits per heavy atom. The first-order chi connectivity index (χ1) is 15.2. The van der Waals surface area contributed by atoms with Gasteiger partial charge < -0.3 is 10.1 Å². The molecular weight excluding hydrogens is 455 g/mol. The molecule has 0 spiro atoms. The van der Waals surface area contributed by atoms with Gasteiger partial charge in [-0.15, -0.1) is 0 Å². The van der Waals surface area contributed by atoms with Gasteiger partial charge in [0, 0.05) is 23.7 Å². The molecule has 0 radical (unpaired) electrons. The second kappa shape index (κ2) is 10.6. The van der Waals surface area contributed by atoms with Crippen molar-refractivity contribution in [1.29, 1.82) is 0 Å². The summed E-state index contributed by atoms with van der Waals surface area (Å²) in [4.78, 5) is 12.5. The van der Waals surface area contributed by atoms with E-state index in [1.165, 1.54) is 24.3 Å². The average molecular weight is 483 g/mol. The van der Waals surface area contributed by atoms with Crippen LogP contribution in [0.4, 0.5) is 10.1 Å². The lowest BCUT2D eigenvalue weighted by molar-refractivity contribution is 0.0905. The van der Waals surface area contributed by atoms with Crippen LogP contribution in [0, 0.1) is 0 Å². The first-order valence-corrected chi connectivity index (χ1v) is 12.4. The molecule has 1 amide bonds. The van der Waals surface area contributed by atoms with E-state index in [9.17, 15) is 17.6 Å². The molecule has 0 bridgehead atoms. The Hall–Kier alpha value is -2.16. The van der Waals surface area contributed by atoms with Crippen LogP contribution in [-0.2, 0) is 14.8 Å². The summed E-state index contributed by atoms with van der Waals surface area (Å²) in [5, 5.41) is 3.22. The maximum atomic E-state index is 14.9. The van der Waals surface area contributed by atoms with E-state index < -0.39 is 22.2 Å². The lowest BCUT2D eigenvalue weighted by Crippen LogP contribution is -2.47. The van der Waals surface area contributed by atoms with E-state index in [1.54, 1.807) is 31.4 Å². The standard InChI is InChI=1S/C23H28ClFN2O4S/c1-16(15-31-2)26-23(28)17-7-11-19(12-8-17)27(22-6-4-3-5-21(22)25)32(29,30)20-13-9-18(24)10-14-20/h7-14,16,21-22H,3-6,15H2,1-2H3,(H,26,28)/t16-,21?,22?/m1/s1. The van der Waals surface area contributed by atoms with Crippen molar-refractivity contribution in [2.75, 3.05) is 18.0 Å². The topological polar surface area (TPSA) is 75.7 Å². The summed E-state index contributed by atoms with van der Waals surface area (Å²) in [6.45, 7) is 2.19. The van der Waals surface area contributed by atoms with Crippen LogP contribution in [0.2, 0.25) is 5.02 Å². The number of methoxy groups -OCH3 is 1. The zero-order valence-electron chi connectivity index (χ0n) is 18.1. The molecule has 174 valence electrons. The van der Waals surface area contributed by atoms with Gasteiger partial charge in [0.1, 0.15) is 6.17 Å². The van der Waals surface area contributed by atoms with Gasteiger partial charge in [-0.2, -0.15) is 0 Å². The fourth-order valence-corrected chi connectivity index (χ4v) is 5.74. The monoisotopic (exact) mass is 482 g/mol. The SMILES string of the molecule is COC[C@@H](C)NC(=O)c1ccc(N(C2CCCCC2F)S(=O)(=O)c2ccc(Cl)cc2)cc1. The third kappa shape index (κ3) is 5.60. The molecule has 32 heavy (non-hydrogen) atoms. The molecule has 1 aliphatic rings. The van der Waals surface area contributed by atoms with Crippen molar-refractivity contribution in [1.82, 2.24) is 5.32 Å². The van der Waals surface area contributed by atoms with E-state index in [0.29, 0.717) is 35.7 Å². The maximum absolute atomic E-state index is 14.9. The Morgan fingerprint density at radius 3 is 2.38 bits per heavy atom. The minimum Gasteiger partial charge on any atom is -0.383 e. The summed E-state index contributed by atoms with van der Waals surface area (Å²) in [5.74, 6) is -0.297. The van der Waals surface area contributed by atoms with Crippen LogP contribution in [0.15, 0.2) is 53.4 Å². The quantitative estimate of drug-likeness (QED) is 0.597. The summed E-state index contributed by atoms with van der Waals surface area (Å²) in [7, 11) is -2.49. The molecule has 0 saturated heterocycles. The Labute approximate surface area is 193 Å². The summed E-state index contributed by atoms with van der Waals surface area (Å²) < 4.78 is 48.2. The normalized spacial score (nSPS) is 19.9. The van der Waals surface area contributed by atoms with Gasteiger partial charge in [0.2, 0.25) is 0 Å². The number of anilines is 1.